The van der Waals surface area contributed by atoms with Crippen LogP contribution in [0.5, 0.6) is 11.5 Å². The molecule has 0 bridgehead atoms. The Morgan fingerprint density at radius 3 is 2.83 bits per heavy atom. The SMILES string of the molecule is CC(CN=C(N)NC1CCOc2ccccc21)Oc1ccccc1. The molecule has 1 aliphatic heterocycles. The van der Waals surface area contributed by atoms with Crippen molar-refractivity contribution >= 4 is 5.96 Å². The summed E-state index contributed by atoms with van der Waals surface area (Å²) in [7, 11) is 0. The Hall–Kier alpha value is -2.69. The molecule has 0 spiro atoms. The lowest BCUT2D eigenvalue weighted by Crippen LogP contribution is -2.38. The van der Waals surface area contributed by atoms with E-state index in [4.69, 9.17) is 15.2 Å². The van der Waals surface area contributed by atoms with Crippen LogP contribution in [0.3, 0.4) is 0 Å². The molecule has 0 aromatic heterocycles. The summed E-state index contributed by atoms with van der Waals surface area (Å²) in [5, 5.41) is 3.29. The van der Waals surface area contributed by atoms with E-state index in [1.54, 1.807) is 0 Å². The number of benzene rings is 2. The van der Waals surface area contributed by atoms with Gasteiger partial charge >= 0.3 is 0 Å². The Morgan fingerprint density at radius 1 is 1.25 bits per heavy atom. The van der Waals surface area contributed by atoms with Gasteiger partial charge in [0.15, 0.2) is 5.96 Å². The smallest absolute Gasteiger partial charge is 0.189 e. The zero-order chi connectivity index (χ0) is 16.8. The standard InChI is InChI=1S/C19H23N3O2/c1-14(24-15-7-3-2-4-8-15)13-21-19(20)22-17-11-12-23-18-10-6-5-9-16(17)18/h2-10,14,17H,11-13H2,1H3,(H3,20,21,22). The van der Waals surface area contributed by atoms with E-state index in [9.17, 15) is 0 Å². The zero-order valence-electron chi connectivity index (χ0n) is 13.8. The van der Waals surface area contributed by atoms with Crippen LogP contribution in [0.1, 0.15) is 24.9 Å². The molecular formula is C19H23N3O2. The van der Waals surface area contributed by atoms with Gasteiger partial charge < -0.3 is 20.5 Å². The van der Waals surface area contributed by atoms with Crippen molar-refractivity contribution in [2.45, 2.75) is 25.5 Å². The molecule has 24 heavy (non-hydrogen) atoms. The fraction of sp³-hybridized carbons (Fsp3) is 0.316. The van der Waals surface area contributed by atoms with Gasteiger partial charge in [-0.25, -0.2) is 4.99 Å². The minimum atomic E-state index is -0.0466. The minimum Gasteiger partial charge on any atom is -0.493 e. The monoisotopic (exact) mass is 325 g/mol. The second-order valence-corrected chi connectivity index (χ2v) is 5.84. The number of hydrogen-bond donors (Lipinski definition) is 2. The predicted octanol–water partition coefficient (Wildman–Crippen LogP) is 2.88. The Labute approximate surface area is 142 Å². The van der Waals surface area contributed by atoms with Gasteiger partial charge in [-0.15, -0.1) is 0 Å². The molecule has 1 aliphatic rings. The van der Waals surface area contributed by atoms with Crippen LogP contribution in [0.15, 0.2) is 59.6 Å². The van der Waals surface area contributed by atoms with Gasteiger partial charge in [0.2, 0.25) is 0 Å². The summed E-state index contributed by atoms with van der Waals surface area (Å²) < 4.78 is 11.5. The highest BCUT2D eigenvalue weighted by molar-refractivity contribution is 5.78. The first-order chi connectivity index (χ1) is 11.7. The number of para-hydroxylation sites is 2. The Morgan fingerprint density at radius 2 is 2.00 bits per heavy atom. The van der Waals surface area contributed by atoms with Gasteiger partial charge in [0.05, 0.1) is 19.2 Å². The maximum atomic E-state index is 6.05. The molecule has 2 aromatic rings. The predicted molar refractivity (Wildman–Crippen MR) is 95.5 cm³/mol. The van der Waals surface area contributed by atoms with Gasteiger partial charge in [-0.05, 0) is 25.1 Å². The average molecular weight is 325 g/mol. The minimum absolute atomic E-state index is 0.0466. The van der Waals surface area contributed by atoms with Crippen LogP contribution in [0.25, 0.3) is 0 Å². The van der Waals surface area contributed by atoms with Crippen molar-refractivity contribution in [1.82, 2.24) is 5.32 Å². The first-order valence-electron chi connectivity index (χ1n) is 8.22. The number of aliphatic imine (C=N–C) groups is 1. The third-order valence-corrected chi connectivity index (χ3v) is 3.88. The van der Waals surface area contributed by atoms with Crippen molar-refractivity contribution in [2.75, 3.05) is 13.2 Å². The summed E-state index contributed by atoms with van der Waals surface area (Å²) in [5.74, 6) is 2.18. The third kappa shape index (κ3) is 4.19. The van der Waals surface area contributed by atoms with E-state index in [2.05, 4.69) is 16.4 Å². The van der Waals surface area contributed by atoms with Crippen molar-refractivity contribution in [3.05, 3.63) is 60.2 Å². The Kier molecular flexibility index (Phi) is 5.21. The molecule has 2 atom stereocenters. The fourth-order valence-corrected chi connectivity index (χ4v) is 2.71. The first kappa shape index (κ1) is 16.2. The Balaban J connectivity index is 1.55. The molecular weight excluding hydrogens is 302 g/mol. The van der Waals surface area contributed by atoms with Gasteiger partial charge in [0, 0.05) is 12.0 Å². The normalized spacial score (nSPS) is 18.2. The van der Waals surface area contributed by atoms with Crippen LogP contribution in [0.4, 0.5) is 0 Å². The van der Waals surface area contributed by atoms with Crippen LogP contribution in [-0.4, -0.2) is 25.2 Å². The summed E-state index contributed by atoms with van der Waals surface area (Å²) in [6, 6.07) is 17.9. The summed E-state index contributed by atoms with van der Waals surface area (Å²) in [5.41, 5.74) is 7.17. The molecule has 0 saturated heterocycles. The number of nitrogens with two attached hydrogens (primary N) is 1. The van der Waals surface area contributed by atoms with Crippen molar-refractivity contribution in [3.8, 4) is 11.5 Å². The molecule has 126 valence electrons. The quantitative estimate of drug-likeness (QED) is 0.655. The molecule has 2 aromatic carbocycles. The van der Waals surface area contributed by atoms with Crippen molar-refractivity contribution < 1.29 is 9.47 Å². The van der Waals surface area contributed by atoms with Gasteiger partial charge in [-0.3, -0.25) is 0 Å². The lowest BCUT2D eigenvalue weighted by molar-refractivity contribution is 0.230. The third-order valence-electron chi connectivity index (χ3n) is 3.88. The molecule has 5 nitrogen and oxygen atoms in total. The molecule has 0 saturated carbocycles. The maximum absolute atomic E-state index is 6.05. The zero-order valence-corrected chi connectivity index (χ0v) is 13.8. The van der Waals surface area contributed by atoms with Crippen LogP contribution in [0.2, 0.25) is 0 Å². The van der Waals surface area contributed by atoms with Gasteiger partial charge in [0.1, 0.15) is 17.6 Å². The number of fused-ring (bicyclic) bond motifs is 1. The van der Waals surface area contributed by atoms with Gasteiger partial charge in [-0.1, -0.05) is 36.4 Å². The van der Waals surface area contributed by atoms with Gasteiger partial charge in [0.25, 0.3) is 0 Å². The number of ether oxygens (including phenoxy) is 2. The van der Waals surface area contributed by atoms with E-state index in [0.29, 0.717) is 19.1 Å². The van der Waals surface area contributed by atoms with E-state index in [1.807, 2.05) is 55.5 Å². The highest BCUT2D eigenvalue weighted by Crippen LogP contribution is 2.31. The van der Waals surface area contributed by atoms with E-state index in [-0.39, 0.29) is 12.1 Å². The second kappa shape index (κ2) is 7.73. The maximum Gasteiger partial charge on any atom is 0.189 e. The van der Waals surface area contributed by atoms with Crippen LogP contribution >= 0.6 is 0 Å². The Bertz CT molecular complexity index is 688. The first-order valence-corrected chi connectivity index (χ1v) is 8.22. The molecule has 0 aliphatic carbocycles. The van der Waals surface area contributed by atoms with Crippen LogP contribution in [0, 0.1) is 0 Å². The van der Waals surface area contributed by atoms with E-state index in [1.165, 1.54) is 0 Å². The summed E-state index contributed by atoms with van der Waals surface area (Å²) in [6.07, 6.45) is 0.818. The summed E-state index contributed by atoms with van der Waals surface area (Å²) in [4.78, 5) is 4.40. The lowest BCUT2D eigenvalue weighted by Gasteiger charge is -2.27. The largest absolute Gasteiger partial charge is 0.493 e. The molecule has 5 heteroatoms. The number of rotatable bonds is 5. The number of nitrogens with zero attached hydrogens (tertiary/aromatic N) is 1. The van der Waals surface area contributed by atoms with Crippen molar-refractivity contribution in [2.24, 2.45) is 10.7 Å². The molecule has 1 heterocycles. The van der Waals surface area contributed by atoms with Gasteiger partial charge in [-0.2, -0.15) is 0 Å². The van der Waals surface area contributed by atoms with E-state index in [0.717, 1.165) is 23.5 Å². The molecule has 0 fully saturated rings. The number of hydrogen-bond acceptors (Lipinski definition) is 3. The van der Waals surface area contributed by atoms with Crippen molar-refractivity contribution in [1.29, 1.82) is 0 Å². The topological polar surface area (TPSA) is 68.9 Å². The highest BCUT2D eigenvalue weighted by Gasteiger charge is 2.21. The molecule has 3 rings (SSSR count). The summed E-state index contributed by atoms with van der Waals surface area (Å²) in [6.45, 7) is 3.15. The highest BCUT2D eigenvalue weighted by atomic mass is 16.5. The summed E-state index contributed by atoms with van der Waals surface area (Å²) >= 11 is 0. The molecule has 0 amide bonds. The second-order valence-electron chi connectivity index (χ2n) is 5.84. The van der Waals surface area contributed by atoms with E-state index >= 15 is 0 Å². The fourth-order valence-electron chi connectivity index (χ4n) is 2.71. The lowest BCUT2D eigenvalue weighted by atomic mass is 10.0. The van der Waals surface area contributed by atoms with E-state index < -0.39 is 0 Å². The number of nitrogens with one attached hydrogen (secondary N) is 1. The molecule has 0 radical (unpaired) electrons. The number of guanidine groups is 1. The van der Waals surface area contributed by atoms with Crippen LogP contribution in [-0.2, 0) is 0 Å². The van der Waals surface area contributed by atoms with Crippen LogP contribution < -0.4 is 20.5 Å². The average Bonchev–Trinajstić information content (AvgIpc) is 2.61. The molecule has 3 N–H and O–H groups in total. The van der Waals surface area contributed by atoms with Crippen molar-refractivity contribution in [3.63, 3.8) is 0 Å². The molecule has 2 unspecified atom stereocenters.